The van der Waals surface area contributed by atoms with Crippen molar-refractivity contribution in [3.63, 3.8) is 0 Å². The molecule has 5 atom stereocenters. The minimum atomic E-state index is -4.90. The van der Waals surface area contributed by atoms with Gasteiger partial charge in [-0.15, -0.1) is 0 Å². The number of aliphatic hydroxyl groups is 3. The first-order valence-electron chi connectivity index (χ1n) is 8.77. The lowest BCUT2D eigenvalue weighted by Crippen LogP contribution is -2.61. The molecule has 1 saturated heterocycles. The summed E-state index contributed by atoms with van der Waals surface area (Å²) >= 11 is 0. The molecule has 11 nitrogen and oxygen atoms in total. The number of aliphatic hydroxyl groups excluding tert-OH is 3. The second-order valence-electron chi connectivity index (χ2n) is 6.52. The highest BCUT2D eigenvalue weighted by Crippen LogP contribution is 2.26. The van der Waals surface area contributed by atoms with Crippen molar-refractivity contribution in [2.24, 2.45) is 0 Å². The average molecular weight is 440 g/mol. The van der Waals surface area contributed by atoms with Gasteiger partial charge in [-0.1, -0.05) is 30.3 Å². The Labute approximate surface area is 171 Å². The van der Waals surface area contributed by atoms with Gasteiger partial charge in [0.25, 0.3) is 16.0 Å². The van der Waals surface area contributed by atoms with Crippen molar-refractivity contribution in [3.05, 3.63) is 59.9 Å². The molecule has 1 aromatic heterocycles. The van der Waals surface area contributed by atoms with Crippen LogP contribution < -0.4 is 10.1 Å². The van der Waals surface area contributed by atoms with Crippen LogP contribution in [0.2, 0.25) is 0 Å². The van der Waals surface area contributed by atoms with Crippen molar-refractivity contribution < 1.29 is 42.6 Å². The summed E-state index contributed by atoms with van der Waals surface area (Å²) in [5.74, 6) is -0.458. The van der Waals surface area contributed by atoms with Gasteiger partial charge in [-0.25, -0.2) is 4.98 Å². The van der Waals surface area contributed by atoms with E-state index < -0.39 is 46.1 Å². The predicted octanol–water partition coefficient (Wildman–Crippen LogP) is -0.957. The third-order valence-corrected chi connectivity index (χ3v) is 5.31. The maximum absolute atomic E-state index is 12.2. The normalized spacial score (nSPS) is 26.7. The van der Waals surface area contributed by atoms with Gasteiger partial charge in [0.2, 0.25) is 11.7 Å². The Bertz CT molecular complexity index is 969. The largest absolute Gasteiger partial charge is 0.460 e. The Kier molecular flexibility index (Phi) is 6.65. The van der Waals surface area contributed by atoms with E-state index in [2.05, 4.69) is 10.3 Å². The lowest BCUT2D eigenvalue weighted by Gasteiger charge is -2.38. The summed E-state index contributed by atoms with van der Waals surface area (Å²) < 4.78 is 41.9. The molecule has 5 N–H and O–H groups in total. The number of hydrogen-bond donors (Lipinski definition) is 5. The molecule has 0 bridgehead atoms. The molecule has 1 amide bonds. The Morgan fingerprint density at radius 3 is 2.37 bits per heavy atom. The smallest absolute Gasteiger partial charge is 0.295 e. The van der Waals surface area contributed by atoms with E-state index >= 15 is 0 Å². The first-order valence-corrected chi connectivity index (χ1v) is 10.3. The third kappa shape index (κ3) is 5.11. The molecule has 1 aliphatic rings. The molecule has 162 valence electrons. The van der Waals surface area contributed by atoms with Gasteiger partial charge in [-0.2, -0.15) is 8.42 Å². The van der Waals surface area contributed by atoms with Crippen LogP contribution in [-0.4, -0.2) is 69.2 Å². The monoisotopic (exact) mass is 440 g/mol. The van der Waals surface area contributed by atoms with Crippen molar-refractivity contribution in [2.75, 3.05) is 0 Å². The molecule has 0 radical (unpaired) electrons. The summed E-state index contributed by atoms with van der Waals surface area (Å²) in [6, 6.07) is 11.9. The van der Waals surface area contributed by atoms with E-state index in [1.54, 1.807) is 0 Å². The van der Waals surface area contributed by atoms with Crippen LogP contribution in [0.5, 0.6) is 5.75 Å². The summed E-state index contributed by atoms with van der Waals surface area (Å²) in [7, 11) is -4.90. The molecule has 2 aromatic rings. The molecule has 1 unspecified atom stereocenters. The average Bonchev–Trinajstić information content (AvgIpc) is 2.72. The van der Waals surface area contributed by atoms with E-state index in [1.807, 2.05) is 30.3 Å². The molecule has 0 aliphatic carbocycles. The Morgan fingerprint density at radius 2 is 1.77 bits per heavy atom. The van der Waals surface area contributed by atoms with Gasteiger partial charge >= 0.3 is 0 Å². The maximum Gasteiger partial charge on any atom is 0.295 e. The van der Waals surface area contributed by atoms with Crippen LogP contribution >= 0.6 is 0 Å². The second-order valence-corrected chi connectivity index (χ2v) is 8.02. The van der Waals surface area contributed by atoms with E-state index in [-0.39, 0.29) is 11.4 Å². The third-order valence-electron chi connectivity index (χ3n) is 4.34. The Morgan fingerprint density at radius 1 is 1.07 bits per heavy atom. The van der Waals surface area contributed by atoms with Crippen LogP contribution in [0.4, 0.5) is 0 Å². The number of ether oxygens (including phenoxy) is 2. The zero-order valence-electron chi connectivity index (χ0n) is 15.4. The lowest BCUT2D eigenvalue weighted by atomic mass is 10.1. The first-order chi connectivity index (χ1) is 14.2. The van der Waals surface area contributed by atoms with Crippen molar-refractivity contribution in [3.8, 4) is 5.75 Å². The highest BCUT2D eigenvalue weighted by Gasteiger charge is 2.50. The van der Waals surface area contributed by atoms with Gasteiger partial charge in [0.05, 0.1) is 6.20 Å². The molecular formula is C18H20N2O9S. The highest BCUT2D eigenvalue weighted by molar-refractivity contribution is 7.86. The zero-order valence-corrected chi connectivity index (χ0v) is 16.2. The van der Waals surface area contributed by atoms with Crippen LogP contribution in [0.1, 0.15) is 16.1 Å². The molecular weight excluding hydrogens is 420 g/mol. The maximum atomic E-state index is 12.2. The number of carbonyl (C=O) groups is 1. The van der Waals surface area contributed by atoms with Gasteiger partial charge in [-0.3, -0.25) is 9.35 Å². The SMILES string of the molecule is O=C(NCc1ccccc1)c1ccc(O[C@@H]2OC(S(=O)(=O)O)[C@@H](O)[C@H](O)[C@H]2O)cn1. The number of carbonyl (C=O) groups excluding carboxylic acids is 1. The van der Waals surface area contributed by atoms with E-state index in [0.29, 0.717) is 6.54 Å². The first kappa shape index (κ1) is 22.1. The minimum absolute atomic E-state index is 0.0173. The van der Waals surface area contributed by atoms with Crippen LogP contribution in [0.25, 0.3) is 0 Å². The fourth-order valence-electron chi connectivity index (χ4n) is 2.75. The fraction of sp³-hybridized carbons (Fsp3) is 0.333. The van der Waals surface area contributed by atoms with Gasteiger partial charge in [-0.05, 0) is 17.7 Å². The van der Waals surface area contributed by atoms with Crippen molar-refractivity contribution in [1.29, 1.82) is 0 Å². The number of rotatable bonds is 6. The Hall–Kier alpha value is -2.61. The molecule has 30 heavy (non-hydrogen) atoms. The highest BCUT2D eigenvalue weighted by atomic mass is 32.2. The minimum Gasteiger partial charge on any atom is -0.460 e. The van der Waals surface area contributed by atoms with E-state index in [9.17, 15) is 28.5 Å². The standard InChI is InChI=1S/C18H20N2O9S/c21-13-14(22)17(29-18(15(13)23)30(25,26)27)28-11-6-7-12(19-9-11)16(24)20-8-10-4-2-1-3-5-10/h1-7,9,13-15,17-18,21-23H,8H2,(H,20,24)(H,25,26,27)/t13-,14-,15+,17-,18?/m1/s1. The number of hydrogen-bond acceptors (Lipinski definition) is 9. The van der Waals surface area contributed by atoms with Crippen LogP contribution in [0.3, 0.4) is 0 Å². The topological polar surface area (TPSA) is 176 Å². The van der Waals surface area contributed by atoms with Crippen LogP contribution in [0, 0.1) is 0 Å². The van der Waals surface area contributed by atoms with Crippen molar-refractivity contribution in [2.45, 2.75) is 36.6 Å². The molecule has 12 heteroatoms. The summed E-state index contributed by atoms with van der Waals surface area (Å²) in [4.78, 5) is 16.1. The molecule has 1 aromatic carbocycles. The number of amides is 1. The zero-order chi connectivity index (χ0) is 21.9. The number of benzene rings is 1. The molecule has 0 spiro atoms. The van der Waals surface area contributed by atoms with Crippen LogP contribution in [0.15, 0.2) is 48.7 Å². The van der Waals surface area contributed by atoms with Crippen LogP contribution in [-0.2, 0) is 21.4 Å². The van der Waals surface area contributed by atoms with Gasteiger partial charge in [0.15, 0.2) is 0 Å². The second kappa shape index (κ2) is 9.04. The predicted molar refractivity (Wildman–Crippen MR) is 101 cm³/mol. The molecule has 3 rings (SSSR count). The van der Waals surface area contributed by atoms with Gasteiger partial charge < -0.3 is 30.1 Å². The molecule has 1 fully saturated rings. The number of aromatic nitrogens is 1. The molecule has 1 aliphatic heterocycles. The number of pyridine rings is 1. The van der Waals surface area contributed by atoms with Gasteiger partial charge in [0.1, 0.15) is 29.8 Å². The summed E-state index contributed by atoms with van der Waals surface area (Å²) in [5, 5.41) is 32.1. The summed E-state index contributed by atoms with van der Waals surface area (Å²) in [5.41, 5.74) is -1.23. The number of nitrogens with one attached hydrogen (secondary N) is 1. The fourth-order valence-corrected chi connectivity index (χ4v) is 3.51. The molecule has 2 heterocycles. The summed E-state index contributed by atoms with van der Waals surface area (Å²) in [6.07, 6.45) is -6.44. The lowest BCUT2D eigenvalue weighted by molar-refractivity contribution is -0.254. The van der Waals surface area contributed by atoms with Crippen molar-refractivity contribution in [1.82, 2.24) is 10.3 Å². The van der Waals surface area contributed by atoms with E-state index in [4.69, 9.17) is 14.0 Å². The quantitative estimate of drug-likeness (QED) is 0.352. The van der Waals surface area contributed by atoms with E-state index in [1.165, 1.54) is 12.1 Å². The summed E-state index contributed by atoms with van der Waals surface area (Å²) in [6.45, 7) is 0.305. The molecule has 0 saturated carbocycles. The Balaban J connectivity index is 1.63. The van der Waals surface area contributed by atoms with E-state index in [0.717, 1.165) is 11.8 Å². The number of nitrogens with zero attached hydrogens (tertiary/aromatic N) is 1. The van der Waals surface area contributed by atoms with Gasteiger partial charge in [0, 0.05) is 6.54 Å². The van der Waals surface area contributed by atoms with Crippen molar-refractivity contribution >= 4 is 16.0 Å².